The lowest BCUT2D eigenvalue weighted by atomic mass is 10.0. The molecule has 1 N–H and O–H groups in total. The first kappa shape index (κ1) is 17.6. The van der Waals surface area contributed by atoms with Gasteiger partial charge in [-0.2, -0.15) is 0 Å². The molecule has 0 saturated heterocycles. The van der Waals surface area contributed by atoms with Crippen molar-refractivity contribution in [2.45, 2.75) is 46.6 Å². The fourth-order valence-corrected chi connectivity index (χ4v) is 2.71. The minimum absolute atomic E-state index is 0.567. The Hall–Kier alpha value is -1.74. The van der Waals surface area contributed by atoms with Gasteiger partial charge in [0.05, 0.1) is 7.11 Å². The SMILES string of the molecule is COc1cc(CC=C(C)C)cc2[nH]cc(CCN(C)C(C)C)c12. The van der Waals surface area contributed by atoms with Gasteiger partial charge in [-0.1, -0.05) is 11.6 Å². The summed E-state index contributed by atoms with van der Waals surface area (Å²) in [7, 11) is 3.94. The highest BCUT2D eigenvalue weighted by atomic mass is 16.5. The van der Waals surface area contributed by atoms with Crippen LogP contribution >= 0.6 is 0 Å². The summed E-state index contributed by atoms with van der Waals surface area (Å²) in [5.74, 6) is 0.975. The monoisotopic (exact) mass is 314 g/mol. The second kappa shape index (κ2) is 7.69. The van der Waals surface area contributed by atoms with E-state index in [2.05, 4.69) is 69.0 Å². The minimum atomic E-state index is 0.567. The number of rotatable bonds is 7. The number of benzene rings is 1. The molecule has 2 aromatic rings. The number of methoxy groups -OCH3 is 1. The molecule has 23 heavy (non-hydrogen) atoms. The van der Waals surface area contributed by atoms with E-state index in [0.717, 1.165) is 25.1 Å². The number of hydrogen-bond acceptors (Lipinski definition) is 2. The molecule has 0 radical (unpaired) electrons. The first-order valence-electron chi connectivity index (χ1n) is 8.42. The van der Waals surface area contributed by atoms with Crippen LogP contribution in [0.4, 0.5) is 0 Å². The molecule has 0 aliphatic rings. The van der Waals surface area contributed by atoms with Crippen molar-refractivity contribution in [2.24, 2.45) is 0 Å². The lowest BCUT2D eigenvalue weighted by molar-refractivity contribution is 0.277. The van der Waals surface area contributed by atoms with Crippen molar-refractivity contribution in [2.75, 3.05) is 20.7 Å². The Bertz CT molecular complexity index is 678. The summed E-state index contributed by atoms with van der Waals surface area (Å²) in [5.41, 5.74) is 5.12. The Labute approximate surface area is 140 Å². The van der Waals surface area contributed by atoms with E-state index < -0.39 is 0 Å². The summed E-state index contributed by atoms with van der Waals surface area (Å²) in [6.07, 6.45) is 6.35. The number of aromatic nitrogens is 1. The first-order chi connectivity index (χ1) is 10.9. The predicted molar refractivity (Wildman–Crippen MR) is 99.5 cm³/mol. The van der Waals surface area contributed by atoms with Crippen molar-refractivity contribution >= 4 is 10.9 Å². The molecule has 0 aliphatic heterocycles. The highest BCUT2D eigenvalue weighted by Gasteiger charge is 2.12. The van der Waals surface area contributed by atoms with E-state index in [4.69, 9.17) is 4.74 Å². The van der Waals surface area contributed by atoms with Gasteiger partial charge in [-0.15, -0.1) is 0 Å². The van der Waals surface area contributed by atoms with Crippen LogP contribution in [0.1, 0.15) is 38.8 Å². The van der Waals surface area contributed by atoms with E-state index in [-0.39, 0.29) is 0 Å². The van der Waals surface area contributed by atoms with Gasteiger partial charge in [-0.05, 0) is 70.8 Å². The molecule has 0 atom stereocenters. The maximum absolute atomic E-state index is 5.67. The zero-order valence-electron chi connectivity index (χ0n) is 15.4. The molecule has 3 nitrogen and oxygen atoms in total. The van der Waals surface area contributed by atoms with Crippen LogP contribution in [0.15, 0.2) is 30.0 Å². The molecule has 0 saturated carbocycles. The van der Waals surface area contributed by atoms with E-state index in [9.17, 15) is 0 Å². The molecular weight excluding hydrogens is 284 g/mol. The maximum Gasteiger partial charge on any atom is 0.128 e. The van der Waals surface area contributed by atoms with Crippen LogP contribution in [-0.2, 0) is 12.8 Å². The lowest BCUT2D eigenvalue weighted by Gasteiger charge is -2.20. The number of ether oxygens (including phenoxy) is 1. The van der Waals surface area contributed by atoms with Crippen molar-refractivity contribution in [3.05, 3.63) is 41.1 Å². The van der Waals surface area contributed by atoms with Crippen molar-refractivity contribution in [1.82, 2.24) is 9.88 Å². The fourth-order valence-electron chi connectivity index (χ4n) is 2.71. The Morgan fingerprint density at radius 2 is 2.04 bits per heavy atom. The average molecular weight is 314 g/mol. The summed E-state index contributed by atoms with van der Waals surface area (Å²) in [4.78, 5) is 5.79. The van der Waals surface area contributed by atoms with E-state index >= 15 is 0 Å². The summed E-state index contributed by atoms with van der Waals surface area (Å²) in [6.45, 7) is 9.77. The van der Waals surface area contributed by atoms with Crippen LogP contribution in [0, 0.1) is 0 Å². The number of likely N-dealkylation sites (N-methyl/N-ethyl adjacent to an activating group) is 1. The first-order valence-corrected chi connectivity index (χ1v) is 8.42. The summed E-state index contributed by atoms with van der Waals surface area (Å²) >= 11 is 0. The number of nitrogens with one attached hydrogen (secondary N) is 1. The van der Waals surface area contributed by atoms with Gasteiger partial charge < -0.3 is 14.6 Å². The molecular formula is C20H30N2O. The molecule has 1 aromatic heterocycles. The second-order valence-electron chi connectivity index (χ2n) is 6.84. The normalized spacial score (nSPS) is 11.5. The molecule has 1 aromatic carbocycles. The molecule has 0 spiro atoms. The van der Waals surface area contributed by atoms with Gasteiger partial charge in [-0.3, -0.25) is 0 Å². The van der Waals surface area contributed by atoms with Crippen molar-refractivity contribution in [1.29, 1.82) is 0 Å². The topological polar surface area (TPSA) is 28.3 Å². The van der Waals surface area contributed by atoms with Gasteiger partial charge in [-0.25, -0.2) is 0 Å². The Morgan fingerprint density at radius 1 is 1.30 bits per heavy atom. The van der Waals surface area contributed by atoms with Gasteiger partial charge >= 0.3 is 0 Å². The summed E-state index contributed by atoms with van der Waals surface area (Å²) < 4.78 is 5.67. The Kier molecular flexibility index (Phi) is 5.89. The molecule has 0 fully saturated rings. The largest absolute Gasteiger partial charge is 0.496 e. The van der Waals surface area contributed by atoms with Crippen LogP contribution in [-0.4, -0.2) is 36.6 Å². The predicted octanol–water partition coefficient (Wildman–Crippen LogP) is 4.57. The number of H-pyrrole nitrogens is 1. The Morgan fingerprint density at radius 3 is 2.65 bits per heavy atom. The zero-order valence-corrected chi connectivity index (χ0v) is 15.4. The number of nitrogens with zero attached hydrogens (tertiary/aromatic N) is 1. The summed E-state index contributed by atoms with van der Waals surface area (Å²) in [5, 5.41) is 1.23. The summed E-state index contributed by atoms with van der Waals surface area (Å²) in [6, 6.07) is 4.98. The van der Waals surface area contributed by atoms with E-state index in [1.54, 1.807) is 7.11 Å². The third-order valence-corrected chi connectivity index (χ3v) is 4.47. The molecule has 2 rings (SSSR count). The van der Waals surface area contributed by atoms with Gasteiger partial charge in [0.2, 0.25) is 0 Å². The Balaban J connectivity index is 2.29. The second-order valence-corrected chi connectivity index (χ2v) is 6.84. The van der Waals surface area contributed by atoms with E-state index in [0.29, 0.717) is 6.04 Å². The van der Waals surface area contributed by atoms with E-state index in [1.165, 1.54) is 27.6 Å². The number of allylic oxidation sites excluding steroid dienone is 2. The fraction of sp³-hybridized carbons (Fsp3) is 0.500. The molecule has 0 unspecified atom stereocenters. The molecule has 0 amide bonds. The molecule has 0 aliphatic carbocycles. The highest BCUT2D eigenvalue weighted by molar-refractivity contribution is 5.90. The van der Waals surface area contributed by atoms with Crippen molar-refractivity contribution in [3.63, 3.8) is 0 Å². The van der Waals surface area contributed by atoms with Gasteiger partial charge in [0.1, 0.15) is 5.75 Å². The number of fused-ring (bicyclic) bond motifs is 1. The quantitative estimate of drug-likeness (QED) is 0.758. The van der Waals surface area contributed by atoms with Crippen LogP contribution in [0.5, 0.6) is 5.75 Å². The molecule has 0 bridgehead atoms. The van der Waals surface area contributed by atoms with Gasteiger partial charge in [0, 0.05) is 29.7 Å². The van der Waals surface area contributed by atoms with Gasteiger partial charge in [0.25, 0.3) is 0 Å². The van der Waals surface area contributed by atoms with E-state index in [1.807, 2.05) is 0 Å². The number of hydrogen-bond donors (Lipinski definition) is 1. The van der Waals surface area contributed by atoms with Crippen LogP contribution < -0.4 is 4.74 Å². The third-order valence-electron chi connectivity index (χ3n) is 4.47. The maximum atomic E-state index is 5.67. The van der Waals surface area contributed by atoms with Gasteiger partial charge in [0.15, 0.2) is 0 Å². The minimum Gasteiger partial charge on any atom is -0.496 e. The molecule has 126 valence electrons. The van der Waals surface area contributed by atoms with Crippen LogP contribution in [0.25, 0.3) is 10.9 Å². The molecule has 1 heterocycles. The standard InChI is InChI=1S/C20H30N2O/c1-14(2)7-8-16-11-18-20(19(12-16)23-6)17(13-21-18)9-10-22(5)15(3)4/h7,11-13,15,21H,8-10H2,1-6H3. The third kappa shape index (κ3) is 4.38. The van der Waals surface area contributed by atoms with Crippen LogP contribution in [0.2, 0.25) is 0 Å². The average Bonchev–Trinajstić information content (AvgIpc) is 2.92. The zero-order chi connectivity index (χ0) is 17.0. The molecule has 3 heteroatoms. The highest BCUT2D eigenvalue weighted by Crippen LogP contribution is 2.31. The smallest absolute Gasteiger partial charge is 0.128 e. The van der Waals surface area contributed by atoms with Crippen LogP contribution in [0.3, 0.4) is 0 Å². The lowest BCUT2D eigenvalue weighted by Crippen LogP contribution is -2.28. The number of aromatic amines is 1. The van der Waals surface area contributed by atoms with Crippen molar-refractivity contribution < 1.29 is 4.74 Å². The van der Waals surface area contributed by atoms with Crippen molar-refractivity contribution in [3.8, 4) is 5.75 Å².